The van der Waals surface area contributed by atoms with E-state index in [1.54, 1.807) is 12.4 Å². The lowest BCUT2D eigenvalue weighted by Crippen LogP contribution is -2.32. The second kappa shape index (κ2) is 3.83. The quantitative estimate of drug-likeness (QED) is 0.707. The number of aromatic nitrogens is 2. The van der Waals surface area contributed by atoms with E-state index in [1.165, 1.54) is 12.8 Å². The molecule has 3 heteroatoms. The maximum absolute atomic E-state index is 4.30. The summed E-state index contributed by atoms with van der Waals surface area (Å²) in [5, 5.41) is 3.48. The fourth-order valence-electron chi connectivity index (χ4n) is 1.74. The van der Waals surface area contributed by atoms with Gasteiger partial charge in [0.15, 0.2) is 0 Å². The average molecular weight is 177 g/mol. The van der Waals surface area contributed by atoms with E-state index < -0.39 is 0 Å². The first-order valence-corrected chi connectivity index (χ1v) is 4.85. The summed E-state index contributed by atoms with van der Waals surface area (Å²) in [6, 6.07) is 0.421. The van der Waals surface area contributed by atoms with E-state index in [0.717, 1.165) is 18.2 Å². The first kappa shape index (κ1) is 8.63. The Morgan fingerprint density at radius 2 is 2.31 bits per heavy atom. The minimum Gasteiger partial charge on any atom is -0.308 e. The molecule has 3 nitrogen and oxygen atoms in total. The van der Waals surface area contributed by atoms with Gasteiger partial charge in [-0.1, -0.05) is 6.92 Å². The summed E-state index contributed by atoms with van der Waals surface area (Å²) in [5.41, 5.74) is 1.08. The highest BCUT2D eigenvalue weighted by Crippen LogP contribution is 2.23. The number of piperidine rings is 1. The predicted molar refractivity (Wildman–Crippen MR) is 51.2 cm³/mol. The first-order valence-electron chi connectivity index (χ1n) is 4.85. The third-order valence-corrected chi connectivity index (χ3v) is 2.60. The summed E-state index contributed by atoms with van der Waals surface area (Å²) in [5.74, 6) is 0.799. The molecule has 1 aliphatic heterocycles. The fraction of sp³-hybridized carbons (Fsp3) is 0.600. The monoisotopic (exact) mass is 177 g/mol. The molecular formula is C10H15N3. The van der Waals surface area contributed by atoms with Crippen molar-refractivity contribution in [3.63, 3.8) is 0 Å². The van der Waals surface area contributed by atoms with Crippen LogP contribution in [0.25, 0.3) is 0 Å². The minimum absolute atomic E-state index is 0.421. The smallest absolute Gasteiger partial charge is 0.0756 e. The van der Waals surface area contributed by atoms with Crippen LogP contribution >= 0.6 is 0 Å². The third kappa shape index (κ3) is 2.04. The zero-order chi connectivity index (χ0) is 9.10. The Labute approximate surface area is 78.6 Å². The average Bonchev–Trinajstić information content (AvgIpc) is 2.20. The lowest BCUT2D eigenvalue weighted by molar-refractivity contribution is 0.328. The van der Waals surface area contributed by atoms with Gasteiger partial charge in [-0.05, 0) is 25.3 Å². The summed E-state index contributed by atoms with van der Waals surface area (Å²) >= 11 is 0. The Morgan fingerprint density at radius 1 is 1.38 bits per heavy atom. The molecule has 0 radical (unpaired) electrons. The molecule has 2 rings (SSSR count). The van der Waals surface area contributed by atoms with Gasteiger partial charge >= 0.3 is 0 Å². The van der Waals surface area contributed by atoms with Crippen molar-refractivity contribution >= 4 is 0 Å². The summed E-state index contributed by atoms with van der Waals surface area (Å²) in [7, 11) is 0. The summed E-state index contributed by atoms with van der Waals surface area (Å²) in [4.78, 5) is 8.38. The van der Waals surface area contributed by atoms with Crippen LogP contribution in [0.4, 0.5) is 0 Å². The molecule has 1 aliphatic rings. The Balaban J connectivity index is 2.03. The van der Waals surface area contributed by atoms with E-state index >= 15 is 0 Å². The van der Waals surface area contributed by atoms with E-state index in [0.29, 0.717) is 6.04 Å². The number of nitrogens with one attached hydrogen (secondary N) is 1. The normalized spacial score (nSPS) is 28.7. The van der Waals surface area contributed by atoms with Crippen molar-refractivity contribution in [1.29, 1.82) is 0 Å². The van der Waals surface area contributed by atoms with Crippen molar-refractivity contribution in [3.8, 4) is 0 Å². The molecular weight excluding hydrogens is 162 g/mol. The van der Waals surface area contributed by atoms with Gasteiger partial charge in [0.1, 0.15) is 0 Å². The Bertz CT molecular complexity index is 252. The number of nitrogens with zero attached hydrogens (tertiary/aromatic N) is 2. The van der Waals surface area contributed by atoms with Crippen molar-refractivity contribution in [3.05, 3.63) is 24.3 Å². The first-order chi connectivity index (χ1) is 6.36. The predicted octanol–water partition coefficient (Wildman–Crippen LogP) is 1.54. The van der Waals surface area contributed by atoms with E-state index in [1.807, 2.05) is 6.20 Å². The summed E-state index contributed by atoms with van der Waals surface area (Å²) in [6.45, 7) is 3.38. The molecule has 1 fully saturated rings. The topological polar surface area (TPSA) is 37.8 Å². The second-order valence-corrected chi connectivity index (χ2v) is 3.77. The Hall–Kier alpha value is -0.960. The molecule has 0 aliphatic carbocycles. The maximum atomic E-state index is 4.30. The van der Waals surface area contributed by atoms with Gasteiger partial charge in [0, 0.05) is 18.6 Å². The molecule has 1 aromatic rings. The Morgan fingerprint density at radius 3 is 2.92 bits per heavy atom. The van der Waals surface area contributed by atoms with E-state index in [2.05, 4.69) is 22.2 Å². The summed E-state index contributed by atoms with van der Waals surface area (Å²) in [6.07, 6.45) is 7.80. The number of rotatable bonds is 1. The van der Waals surface area contributed by atoms with Gasteiger partial charge in [-0.2, -0.15) is 0 Å². The molecule has 1 aromatic heterocycles. The molecule has 0 amide bonds. The zero-order valence-corrected chi connectivity index (χ0v) is 7.90. The second-order valence-electron chi connectivity index (χ2n) is 3.77. The van der Waals surface area contributed by atoms with Crippen LogP contribution in [-0.2, 0) is 0 Å². The van der Waals surface area contributed by atoms with Gasteiger partial charge in [-0.25, -0.2) is 0 Å². The van der Waals surface area contributed by atoms with Crippen molar-refractivity contribution < 1.29 is 0 Å². The van der Waals surface area contributed by atoms with Gasteiger partial charge < -0.3 is 5.32 Å². The van der Waals surface area contributed by atoms with Gasteiger partial charge in [-0.15, -0.1) is 0 Å². The molecule has 1 saturated heterocycles. The zero-order valence-electron chi connectivity index (χ0n) is 7.90. The van der Waals surface area contributed by atoms with Crippen LogP contribution in [0.5, 0.6) is 0 Å². The largest absolute Gasteiger partial charge is 0.308 e. The molecule has 70 valence electrons. The van der Waals surface area contributed by atoms with Crippen molar-refractivity contribution in [2.45, 2.75) is 25.8 Å². The molecule has 2 atom stereocenters. The van der Waals surface area contributed by atoms with Crippen LogP contribution in [-0.4, -0.2) is 16.5 Å². The lowest BCUT2D eigenvalue weighted by atomic mass is 9.95. The summed E-state index contributed by atoms with van der Waals surface area (Å²) < 4.78 is 0. The Kier molecular flexibility index (Phi) is 2.54. The number of hydrogen-bond acceptors (Lipinski definition) is 3. The lowest BCUT2D eigenvalue weighted by Gasteiger charge is -2.26. The van der Waals surface area contributed by atoms with E-state index in [9.17, 15) is 0 Å². The molecule has 2 unspecified atom stereocenters. The van der Waals surface area contributed by atoms with Crippen LogP contribution in [0.15, 0.2) is 18.6 Å². The molecule has 0 aromatic carbocycles. The van der Waals surface area contributed by atoms with Crippen molar-refractivity contribution in [2.24, 2.45) is 5.92 Å². The fourth-order valence-corrected chi connectivity index (χ4v) is 1.74. The number of hydrogen-bond donors (Lipinski definition) is 1. The van der Waals surface area contributed by atoms with Crippen molar-refractivity contribution in [2.75, 3.05) is 6.54 Å². The van der Waals surface area contributed by atoms with Crippen LogP contribution < -0.4 is 5.32 Å². The van der Waals surface area contributed by atoms with E-state index in [4.69, 9.17) is 0 Å². The SMILES string of the molecule is CC1CCC(c2cnccn2)NC1. The molecule has 0 spiro atoms. The van der Waals surface area contributed by atoms with Gasteiger partial charge in [0.2, 0.25) is 0 Å². The van der Waals surface area contributed by atoms with Gasteiger partial charge in [0.05, 0.1) is 11.7 Å². The molecule has 0 bridgehead atoms. The molecule has 13 heavy (non-hydrogen) atoms. The maximum Gasteiger partial charge on any atom is 0.0756 e. The molecule has 0 saturated carbocycles. The van der Waals surface area contributed by atoms with Crippen LogP contribution in [0.3, 0.4) is 0 Å². The van der Waals surface area contributed by atoms with Gasteiger partial charge in [-0.3, -0.25) is 9.97 Å². The van der Waals surface area contributed by atoms with Crippen LogP contribution in [0, 0.1) is 5.92 Å². The standard InChI is InChI=1S/C10H15N3/c1-8-2-3-9(13-6-8)10-7-11-4-5-12-10/h4-5,7-9,13H,2-3,6H2,1H3. The van der Waals surface area contributed by atoms with E-state index in [-0.39, 0.29) is 0 Å². The minimum atomic E-state index is 0.421. The highest BCUT2D eigenvalue weighted by atomic mass is 15.0. The highest BCUT2D eigenvalue weighted by Gasteiger charge is 2.19. The highest BCUT2D eigenvalue weighted by molar-refractivity contribution is 5.03. The molecule has 1 N–H and O–H groups in total. The van der Waals surface area contributed by atoms with Crippen LogP contribution in [0.2, 0.25) is 0 Å². The third-order valence-electron chi connectivity index (χ3n) is 2.60. The van der Waals surface area contributed by atoms with Gasteiger partial charge in [0.25, 0.3) is 0 Å². The van der Waals surface area contributed by atoms with Crippen molar-refractivity contribution in [1.82, 2.24) is 15.3 Å². The van der Waals surface area contributed by atoms with Crippen LogP contribution in [0.1, 0.15) is 31.5 Å². The molecule has 2 heterocycles.